The number of rotatable bonds is 6. The van der Waals surface area contributed by atoms with E-state index in [2.05, 4.69) is 50.3 Å². The lowest BCUT2D eigenvalue weighted by Gasteiger charge is -2.23. The minimum atomic E-state index is -0.109. The summed E-state index contributed by atoms with van der Waals surface area (Å²) in [6, 6.07) is 0.437. The molecule has 114 valence electrons. The summed E-state index contributed by atoms with van der Waals surface area (Å²) in [6.07, 6.45) is 3.37. The summed E-state index contributed by atoms with van der Waals surface area (Å²) in [5.41, 5.74) is 3.54. The molecule has 0 aliphatic heterocycles. The van der Waals surface area contributed by atoms with Crippen molar-refractivity contribution in [2.75, 3.05) is 10.7 Å². The molecule has 0 amide bonds. The van der Waals surface area contributed by atoms with E-state index in [1.54, 1.807) is 0 Å². The summed E-state index contributed by atoms with van der Waals surface area (Å²) in [4.78, 5) is 9.22. The zero-order valence-electron chi connectivity index (χ0n) is 13.7. The van der Waals surface area contributed by atoms with E-state index >= 15 is 0 Å². The molecule has 1 aromatic rings. The first kappa shape index (κ1) is 16.7. The highest BCUT2D eigenvalue weighted by Crippen LogP contribution is 2.26. The lowest BCUT2D eigenvalue weighted by Crippen LogP contribution is -2.24. The fraction of sp³-hybridized carbons (Fsp3) is 0.733. The zero-order valence-corrected chi connectivity index (χ0v) is 13.7. The van der Waals surface area contributed by atoms with Gasteiger partial charge in [0.1, 0.15) is 17.5 Å². The molecule has 1 rings (SSSR count). The monoisotopic (exact) mass is 279 g/mol. The van der Waals surface area contributed by atoms with Gasteiger partial charge in [-0.2, -0.15) is 0 Å². The third-order valence-electron chi connectivity index (χ3n) is 3.42. The van der Waals surface area contributed by atoms with Crippen LogP contribution < -0.4 is 16.6 Å². The average Bonchev–Trinajstić information content (AvgIpc) is 2.38. The van der Waals surface area contributed by atoms with Gasteiger partial charge in [-0.3, -0.25) is 0 Å². The molecule has 1 unspecified atom stereocenters. The molecule has 4 N–H and O–H groups in total. The predicted octanol–water partition coefficient (Wildman–Crippen LogP) is 3.36. The minimum absolute atomic E-state index is 0.109. The van der Waals surface area contributed by atoms with Gasteiger partial charge in [-0.05, 0) is 19.8 Å². The van der Waals surface area contributed by atoms with Crippen molar-refractivity contribution < 1.29 is 0 Å². The first-order chi connectivity index (χ1) is 9.33. The third-order valence-corrected chi connectivity index (χ3v) is 3.42. The molecule has 0 saturated heterocycles. The first-order valence-corrected chi connectivity index (χ1v) is 7.45. The molecular weight excluding hydrogens is 250 g/mol. The van der Waals surface area contributed by atoms with Gasteiger partial charge in [0.05, 0.1) is 0 Å². The summed E-state index contributed by atoms with van der Waals surface area (Å²) in [7, 11) is 0. The number of nitrogens with zero attached hydrogens (tertiary/aromatic N) is 2. The smallest absolute Gasteiger partial charge is 0.148 e. The Kier molecular flexibility index (Phi) is 5.74. The highest BCUT2D eigenvalue weighted by atomic mass is 15.3. The molecule has 0 aliphatic carbocycles. The third kappa shape index (κ3) is 4.07. The van der Waals surface area contributed by atoms with Crippen LogP contribution in [0.4, 0.5) is 11.6 Å². The van der Waals surface area contributed by atoms with E-state index < -0.39 is 0 Å². The second-order valence-electron chi connectivity index (χ2n) is 6.30. The average molecular weight is 279 g/mol. The Morgan fingerprint density at radius 1 is 1.15 bits per heavy atom. The molecule has 0 spiro atoms. The fourth-order valence-electron chi connectivity index (χ4n) is 2.05. The van der Waals surface area contributed by atoms with Crippen molar-refractivity contribution >= 4 is 11.6 Å². The van der Waals surface area contributed by atoms with Crippen molar-refractivity contribution in [1.82, 2.24) is 9.97 Å². The van der Waals surface area contributed by atoms with Crippen LogP contribution in [-0.2, 0) is 5.41 Å². The molecule has 1 heterocycles. The van der Waals surface area contributed by atoms with Crippen LogP contribution in [0.2, 0.25) is 0 Å². The molecule has 0 saturated carbocycles. The Labute approximate surface area is 122 Å². The fourth-order valence-corrected chi connectivity index (χ4v) is 2.05. The number of anilines is 2. The highest BCUT2D eigenvalue weighted by molar-refractivity contribution is 5.57. The van der Waals surface area contributed by atoms with Crippen molar-refractivity contribution in [3.8, 4) is 0 Å². The Bertz CT molecular complexity index is 437. The van der Waals surface area contributed by atoms with Gasteiger partial charge >= 0.3 is 0 Å². The standard InChI is InChI=1S/C15H29N5/c1-7-9-11(8-2)17-12-10(3)13(20-16)19-14(18-12)15(4,5)6/h11H,7-9,16H2,1-6H3,(H2,17,18,19,20). The Balaban J connectivity index is 3.16. The van der Waals surface area contributed by atoms with Crippen LogP contribution >= 0.6 is 0 Å². The van der Waals surface area contributed by atoms with Crippen molar-refractivity contribution in [1.29, 1.82) is 0 Å². The molecule has 0 bridgehead atoms. The maximum absolute atomic E-state index is 5.59. The maximum atomic E-state index is 5.59. The van der Waals surface area contributed by atoms with Crippen LogP contribution in [0.15, 0.2) is 0 Å². The van der Waals surface area contributed by atoms with Crippen LogP contribution in [0.1, 0.15) is 65.3 Å². The molecule has 0 radical (unpaired) electrons. The number of hydrogen-bond donors (Lipinski definition) is 3. The summed E-state index contributed by atoms with van der Waals surface area (Å²) >= 11 is 0. The van der Waals surface area contributed by atoms with Gasteiger partial charge in [-0.15, -0.1) is 0 Å². The van der Waals surface area contributed by atoms with E-state index in [1.165, 1.54) is 0 Å². The second-order valence-corrected chi connectivity index (χ2v) is 6.30. The van der Waals surface area contributed by atoms with Crippen LogP contribution in [0.25, 0.3) is 0 Å². The summed E-state index contributed by atoms with van der Waals surface area (Å²) in [6.45, 7) is 12.7. The normalized spacial score (nSPS) is 13.2. The Morgan fingerprint density at radius 3 is 2.20 bits per heavy atom. The summed E-state index contributed by atoms with van der Waals surface area (Å²) < 4.78 is 0. The van der Waals surface area contributed by atoms with E-state index in [0.29, 0.717) is 11.9 Å². The molecule has 5 nitrogen and oxygen atoms in total. The highest BCUT2D eigenvalue weighted by Gasteiger charge is 2.21. The molecule has 0 aromatic carbocycles. The molecular formula is C15H29N5. The van der Waals surface area contributed by atoms with Crippen molar-refractivity contribution in [2.45, 2.75) is 72.3 Å². The Morgan fingerprint density at radius 2 is 1.75 bits per heavy atom. The van der Waals surface area contributed by atoms with E-state index in [1.807, 2.05) is 6.92 Å². The molecule has 0 fully saturated rings. The molecule has 0 aliphatic rings. The predicted molar refractivity (Wildman–Crippen MR) is 85.9 cm³/mol. The second kappa shape index (κ2) is 6.88. The van der Waals surface area contributed by atoms with E-state index in [4.69, 9.17) is 10.8 Å². The van der Waals surface area contributed by atoms with Crippen molar-refractivity contribution in [3.63, 3.8) is 0 Å². The quantitative estimate of drug-likeness (QED) is 0.550. The van der Waals surface area contributed by atoms with Gasteiger partial charge in [0.2, 0.25) is 0 Å². The van der Waals surface area contributed by atoms with Gasteiger partial charge in [-0.25, -0.2) is 15.8 Å². The first-order valence-electron chi connectivity index (χ1n) is 7.45. The number of nitrogens with two attached hydrogens (primary N) is 1. The maximum Gasteiger partial charge on any atom is 0.148 e. The number of hydrazine groups is 1. The molecule has 5 heteroatoms. The van der Waals surface area contributed by atoms with Crippen LogP contribution in [0.3, 0.4) is 0 Å². The zero-order chi connectivity index (χ0) is 15.3. The number of hydrogen-bond acceptors (Lipinski definition) is 5. The minimum Gasteiger partial charge on any atom is -0.367 e. The van der Waals surface area contributed by atoms with Crippen LogP contribution in [-0.4, -0.2) is 16.0 Å². The van der Waals surface area contributed by atoms with Gasteiger partial charge in [0.25, 0.3) is 0 Å². The SMILES string of the molecule is CCCC(CC)Nc1nc(C(C)(C)C)nc(NN)c1C. The summed E-state index contributed by atoms with van der Waals surface area (Å²) in [5, 5.41) is 3.54. The lowest BCUT2D eigenvalue weighted by atomic mass is 9.95. The van der Waals surface area contributed by atoms with Crippen molar-refractivity contribution in [2.24, 2.45) is 5.84 Å². The topological polar surface area (TPSA) is 75.9 Å². The van der Waals surface area contributed by atoms with E-state index in [-0.39, 0.29) is 5.41 Å². The number of aromatic nitrogens is 2. The van der Waals surface area contributed by atoms with E-state index in [0.717, 1.165) is 36.5 Å². The van der Waals surface area contributed by atoms with Gasteiger partial charge in [-0.1, -0.05) is 41.0 Å². The van der Waals surface area contributed by atoms with Crippen LogP contribution in [0.5, 0.6) is 0 Å². The molecule has 1 atom stereocenters. The number of nitrogen functional groups attached to an aromatic ring is 1. The lowest BCUT2D eigenvalue weighted by molar-refractivity contribution is 0.544. The molecule has 1 aromatic heterocycles. The number of nitrogens with one attached hydrogen (secondary N) is 2. The Hall–Kier alpha value is -1.36. The largest absolute Gasteiger partial charge is 0.367 e. The van der Waals surface area contributed by atoms with Gasteiger partial charge in [0, 0.05) is 17.0 Å². The summed E-state index contributed by atoms with van der Waals surface area (Å²) in [5.74, 6) is 7.96. The van der Waals surface area contributed by atoms with E-state index in [9.17, 15) is 0 Å². The van der Waals surface area contributed by atoms with Crippen molar-refractivity contribution in [3.05, 3.63) is 11.4 Å². The van der Waals surface area contributed by atoms with Gasteiger partial charge in [0.15, 0.2) is 0 Å². The van der Waals surface area contributed by atoms with Gasteiger partial charge < -0.3 is 10.7 Å². The van der Waals surface area contributed by atoms with Crippen LogP contribution in [0, 0.1) is 6.92 Å². The molecule has 20 heavy (non-hydrogen) atoms.